The van der Waals surface area contributed by atoms with Gasteiger partial charge >= 0.3 is 4.87 Å². The monoisotopic (exact) mass is 353 g/mol. The molecule has 1 aromatic heterocycles. The van der Waals surface area contributed by atoms with Crippen LogP contribution in [0.2, 0.25) is 0 Å². The topological polar surface area (TPSA) is 51.3 Å². The van der Waals surface area contributed by atoms with E-state index in [-0.39, 0.29) is 4.87 Å². The molecule has 2 N–H and O–H groups in total. The maximum atomic E-state index is 11.8. The number of nitrogens with zero attached hydrogens (tertiary/aromatic N) is 2. The fourth-order valence-corrected chi connectivity index (χ4v) is 4.88. The molecule has 0 amide bonds. The van der Waals surface area contributed by atoms with Crippen molar-refractivity contribution in [3.05, 3.63) is 69.3 Å². The molecule has 0 unspecified atom stereocenters. The molecule has 2 atom stereocenters. The van der Waals surface area contributed by atoms with E-state index in [0.717, 1.165) is 36.4 Å². The Kier molecular flexibility index (Phi) is 4.46. The van der Waals surface area contributed by atoms with Crippen LogP contribution in [0.5, 0.6) is 0 Å². The largest absolute Gasteiger partial charge is 0.330 e. The molecule has 3 aromatic rings. The number of aryl methyl sites for hydroxylation is 1. The minimum Gasteiger partial charge on any atom is -0.330 e. The van der Waals surface area contributed by atoms with Crippen molar-refractivity contribution in [2.45, 2.75) is 12.5 Å². The molecule has 1 fully saturated rings. The smallest absolute Gasteiger partial charge is 0.307 e. The van der Waals surface area contributed by atoms with Gasteiger partial charge in [0.25, 0.3) is 0 Å². The molecular weight excluding hydrogens is 330 g/mol. The van der Waals surface area contributed by atoms with Gasteiger partial charge in [-0.05, 0) is 35.7 Å². The Bertz CT molecular complexity index is 931. The third kappa shape index (κ3) is 3.15. The molecule has 25 heavy (non-hydrogen) atoms. The number of likely N-dealkylation sites (tertiary alicyclic amines) is 1. The highest BCUT2D eigenvalue weighted by atomic mass is 32.1. The van der Waals surface area contributed by atoms with E-state index in [1.165, 1.54) is 22.5 Å². The van der Waals surface area contributed by atoms with Crippen LogP contribution in [0.15, 0.2) is 53.3 Å². The minimum atomic E-state index is 0.0978. The molecule has 2 aromatic carbocycles. The van der Waals surface area contributed by atoms with Crippen molar-refractivity contribution in [2.75, 3.05) is 19.6 Å². The van der Waals surface area contributed by atoms with Crippen molar-refractivity contribution in [3.63, 3.8) is 0 Å². The van der Waals surface area contributed by atoms with Gasteiger partial charge < -0.3 is 10.3 Å². The summed E-state index contributed by atoms with van der Waals surface area (Å²) < 4.78 is 2.79. The van der Waals surface area contributed by atoms with E-state index in [2.05, 4.69) is 53.4 Å². The van der Waals surface area contributed by atoms with E-state index in [4.69, 9.17) is 5.73 Å². The second kappa shape index (κ2) is 6.75. The summed E-state index contributed by atoms with van der Waals surface area (Å²) in [6, 6.07) is 17.1. The number of aromatic nitrogens is 1. The highest BCUT2D eigenvalue weighted by Gasteiger charge is 2.32. The van der Waals surface area contributed by atoms with Crippen LogP contribution in [0.1, 0.15) is 17.0 Å². The van der Waals surface area contributed by atoms with Gasteiger partial charge in [0.15, 0.2) is 0 Å². The van der Waals surface area contributed by atoms with Crippen molar-refractivity contribution >= 4 is 21.6 Å². The van der Waals surface area contributed by atoms with Crippen LogP contribution in [0.3, 0.4) is 0 Å². The van der Waals surface area contributed by atoms with Crippen molar-refractivity contribution in [1.29, 1.82) is 0 Å². The molecule has 130 valence electrons. The number of hydrogen-bond donors (Lipinski definition) is 1. The maximum Gasteiger partial charge on any atom is 0.307 e. The lowest BCUT2D eigenvalue weighted by Crippen LogP contribution is -2.23. The molecule has 5 heteroatoms. The normalized spacial score (nSPS) is 21.2. The summed E-state index contributed by atoms with van der Waals surface area (Å²) in [5, 5.41) is 0. The molecule has 4 nitrogen and oxygen atoms in total. The molecule has 1 aliphatic rings. The predicted molar refractivity (Wildman–Crippen MR) is 104 cm³/mol. The first-order valence-electron chi connectivity index (χ1n) is 8.71. The number of rotatable bonds is 4. The van der Waals surface area contributed by atoms with Crippen LogP contribution in [0, 0.1) is 5.92 Å². The van der Waals surface area contributed by atoms with Crippen LogP contribution >= 0.6 is 11.3 Å². The lowest BCUT2D eigenvalue weighted by Gasteiger charge is -2.17. The van der Waals surface area contributed by atoms with Gasteiger partial charge in [-0.2, -0.15) is 0 Å². The molecule has 0 aliphatic carbocycles. The maximum absolute atomic E-state index is 11.8. The molecule has 2 heterocycles. The van der Waals surface area contributed by atoms with Crippen molar-refractivity contribution in [2.24, 2.45) is 18.7 Å². The highest BCUT2D eigenvalue weighted by Crippen LogP contribution is 2.33. The Hall–Kier alpha value is -1.95. The third-order valence-electron chi connectivity index (χ3n) is 5.31. The Morgan fingerprint density at radius 2 is 1.96 bits per heavy atom. The van der Waals surface area contributed by atoms with E-state index in [9.17, 15) is 4.79 Å². The van der Waals surface area contributed by atoms with Crippen molar-refractivity contribution in [1.82, 2.24) is 9.47 Å². The summed E-state index contributed by atoms with van der Waals surface area (Å²) in [7, 11) is 1.83. The summed E-state index contributed by atoms with van der Waals surface area (Å²) in [6.07, 6.45) is 0. The highest BCUT2D eigenvalue weighted by molar-refractivity contribution is 7.16. The number of hydrogen-bond acceptors (Lipinski definition) is 4. The first-order chi connectivity index (χ1) is 12.2. The van der Waals surface area contributed by atoms with Crippen LogP contribution < -0.4 is 10.6 Å². The predicted octanol–water partition coefficient (Wildman–Crippen LogP) is 2.77. The summed E-state index contributed by atoms with van der Waals surface area (Å²) in [5.41, 5.74) is 9.71. The van der Waals surface area contributed by atoms with Gasteiger partial charge in [0.2, 0.25) is 0 Å². The van der Waals surface area contributed by atoms with Gasteiger partial charge in [0.05, 0.1) is 10.2 Å². The van der Waals surface area contributed by atoms with Crippen LogP contribution in [-0.4, -0.2) is 29.1 Å². The van der Waals surface area contributed by atoms with E-state index in [0.29, 0.717) is 11.8 Å². The first kappa shape index (κ1) is 16.5. The van der Waals surface area contributed by atoms with E-state index in [1.54, 1.807) is 4.57 Å². The van der Waals surface area contributed by atoms with Crippen LogP contribution in [-0.2, 0) is 13.6 Å². The number of benzene rings is 2. The van der Waals surface area contributed by atoms with Crippen molar-refractivity contribution < 1.29 is 0 Å². The fourth-order valence-electron chi connectivity index (χ4n) is 3.94. The van der Waals surface area contributed by atoms with Gasteiger partial charge in [-0.25, -0.2) is 0 Å². The molecule has 1 saturated heterocycles. The second-order valence-electron chi connectivity index (χ2n) is 6.94. The fraction of sp³-hybridized carbons (Fsp3) is 0.350. The van der Waals surface area contributed by atoms with Crippen molar-refractivity contribution in [3.8, 4) is 0 Å². The molecular formula is C20H23N3OS. The summed E-state index contributed by atoms with van der Waals surface area (Å²) in [5.74, 6) is 1.00. The summed E-state index contributed by atoms with van der Waals surface area (Å²) in [6.45, 7) is 3.69. The van der Waals surface area contributed by atoms with Gasteiger partial charge in [-0.3, -0.25) is 9.69 Å². The second-order valence-corrected chi connectivity index (χ2v) is 7.93. The minimum absolute atomic E-state index is 0.0978. The van der Waals surface area contributed by atoms with Gasteiger partial charge in [-0.1, -0.05) is 47.7 Å². The van der Waals surface area contributed by atoms with Gasteiger partial charge in [0, 0.05) is 32.6 Å². The van der Waals surface area contributed by atoms with Gasteiger partial charge in [-0.15, -0.1) is 0 Å². The molecule has 0 saturated carbocycles. The zero-order valence-corrected chi connectivity index (χ0v) is 15.2. The molecule has 0 bridgehead atoms. The molecule has 0 spiro atoms. The van der Waals surface area contributed by atoms with E-state index >= 15 is 0 Å². The Labute approximate surface area is 151 Å². The number of fused-ring (bicyclic) bond motifs is 1. The quantitative estimate of drug-likeness (QED) is 0.785. The van der Waals surface area contributed by atoms with E-state index < -0.39 is 0 Å². The Morgan fingerprint density at radius 1 is 1.16 bits per heavy atom. The first-order valence-corrected chi connectivity index (χ1v) is 9.53. The molecule has 0 radical (unpaired) electrons. The number of thiazole rings is 1. The Morgan fingerprint density at radius 3 is 2.72 bits per heavy atom. The van der Waals surface area contributed by atoms with Crippen LogP contribution in [0.4, 0.5) is 0 Å². The molecule has 1 aliphatic heterocycles. The standard InChI is InChI=1S/C20H23N3OS/c1-22-18-8-7-14(9-19(18)25-20(22)24)11-23-12-16(10-21)17(13-23)15-5-3-2-4-6-15/h2-9,16-17H,10-13,21H2,1H3/t16-,17+/m1/s1. The summed E-state index contributed by atoms with van der Waals surface area (Å²) >= 11 is 1.32. The van der Waals surface area contributed by atoms with Gasteiger partial charge in [0.1, 0.15) is 0 Å². The zero-order chi connectivity index (χ0) is 17.4. The van der Waals surface area contributed by atoms with Crippen LogP contribution in [0.25, 0.3) is 10.2 Å². The lowest BCUT2D eigenvalue weighted by molar-refractivity contribution is 0.317. The average Bonchev–Trinajstić information content (AvgIpc) is 3.16. The summed E-state index contributed by atoms with van der Waals surface area (Å²) in [4.78, 5) is 14.4. The lowest BCUT2D eigenvalue weighted by atomic mass is 9.89. The third-order valence-corrected chi connectivity index (χ3v) is 6.31. The van der Waals surface area contributed by atoms with E-state index in [1.807, 2.05) is 7.05 Å². The Balaban J connectivity index is 1.54. The average molecular weight is 353 g/mol. The SMILES string of the molecule is Cn1c(=O)sc2cc(CN3C[C@@H](CN)[C@H](c4ccccc4)C3)ccc21. The zero-order valence-electron chi connectivity index (χ0n) is 14.4. The molecule has 4 rings (SSSR count). The number of nitrogens with two attached hydrogens (primary N) is 1.